The van der Waals surface area contributed by atoms with Gasteiger partial charge in [0.1, 0.15) is 0 Å². The summed E-state index contributed by atoms with van der Waals surface area (Å²) in [6, 6.07) is 30.4. The van der Waals surface area contributed by atoms with E-state index in [4.69, 9.17) is 28.2 Å². The van der Waals surface area contributed by atoms with Crippen LogP contribution < -0.4 is 0 Å². The molecular formula is C26H18Cl2N2. The summed E-state index contributed by atoms with van der Waals surface area (Å²) in [5, 5.41) is 1.46. The zero-order valence-corrected chi connectivity index (χ0v) is 17.6. The molecular weight excluding hydrogens is 411 g/mol. The van der Waals surface area contributed by atoms with Crippen LogP contribution in [0.1, 0.15) is 11.3 Å². The fourth-order valence-corrected chi connectivity index (χ4v) is 3.94. The largest absolute Gasteiger partial charge is 0.316 e. The molecule has 3 aromatic carbocycles. The lowest BCUT2D eigenvalue weighted by Crippen LogP contribution is -1.99. The van der Waals surface area contributed by atoms with Gasteiger partial charge >= 0.3 is 0 Å². The van der Waals surface area contributed by atoms with Gasteiger partial charge in [0.05, 0.1) is 16.9 Å². The zero-order valence-electron chi connectivity index (χ0n) is 16.1. The molecule has 0 unspecified atom stereocenters. The molecule has 0 aliphatic heterocycles. The molecule has 0 atom stereocenters. The lowest BCUT2D eigenvalue weighted by Gasteiger charge is -2.11. The molecule has 0 radical (unpaired) electrons. The van der Waals surface area contributed by atoms with Crippen LogP contribution in [0, 0.1) is 0 Å². The van der Waals surface area contributed by atoms with Crippen LogP contribution in [0.4, 0.5) is 0 Å². The zero-order chi connectivity index (χ0) is 20.5. The predicted octanol–water partition coefficient (Wildman–Crippen LogP) is 7.57. The monoisotopic (exact) mass is 428 g/mol. The van der Waals surface area contributed by atoms with E-state index in [1.54, 1.807) is 0 Å². The van der Waals surface area contributed by atoms with Gasteiger partial charge in [-0.05, 0) is 42.0 Å². The Bertz CT molecular complexity index is 1310. The van der Waals surface area contributed by atoms with E-state index in [1.807, 2.05) is 54.6 Å². The van der Waals surface area contributed by atoms with E-state index in [1.165, 1.54) is 11.3 Å². The highest BCUT2D eigenvalue weighted by Gasteiger charge is 2.13. The number of hydrogen-bond acceptors (Lipinski definition) is 1. The molecule has 0 aliphatic carbocycles. The molecule has 2 aromatic heterocycles. The summed E-state index contributed by atoms with van der Waals surface area (Å²) in [5.74, 6) is 0. The molecule has 0 saturated heterocycles. The van der Waals surface area contributed by atoms with Crippen LogP contribution in [0.3, 0.4) is 0 Å². The topological polar surface area (TPSA) is 17.3 Å². The van der Waals surface area contributed by atoms with Gasteiger partial charge in [-0.2, -0.15) is 0 Å². The van der Waals surface area contributed by atoms with Crippen molar-refractivity contribution in [3.63, 3.8) is 0 Å². The third-order valence-corrected chi connectivity index (χ3v) is 5.72. The second-order valence-electron chi connectivity index (χ2n) is 7.23. The molecule has 0 saturated carbocycles. The van der Waals surface area contributed by atoms with Crippen LogP contribution in [0.2, 0.25) is 10.0 Å². The van der Waals surface area contributed by atoms with E-state index in [9.17, 15) is 0 Å². The fourth-order valence-electron chi connectivity index (χ4n) is 3.69. The first-order valence-electron chi connectivity index (χ1n) is 9.74. The second kappa shape index (κ2) is 7.98. The smallest absolute Gasteiger partial charge is 0.0950 e. The molecule has 0 bridgehead atoms. The van der Waals surface area contributed by atoms with E-state index >= 15 is 0 Å². The second-order valence-corrected chi connectivity index (χ2v) is 8.10. The quantitative estimate of drug-likeness (QED) is 0.288. The highest BCUT2D eigenvalue weighted by Crippen LogP contribution is 2.30. The van der Waals surface area contributed by atoms with Gasteiger partial charge in [-0.1, -0.05) is 77.8 Å². The van der Waals surface area contributed by atoms with Gasteiger partial charge in [0.15, 0.2) is 0 Å². The van der Waals surface area contributed by atoms with Crippen molar-refractivity contribution >= 4 is 28.7 Å². The normalized spacial score (nSPS) is 11.1. The maximum Gasteiger partial charge on any atom is 0.0950 e. The Hall–Kier alpha value is -3.07. The predicted molar refractivity (Wildman–Crippen MR) is 125 cm³/mol. The highest BCUT2D eigenvalue weighted by molar-refractivity contribution is 6.30. The fraction of sp³-hybridized carbons (Fsp3) is 0.0385. The molecule has 146 valence electrons. The van der Waals surface area contributed by atoms with E-state index in [0.29, 0.717) is 5.02 Å². The Labute approximate surface area is 185 Å². The minimum absolute atomic E-state index is 0.716. The van der Waals surface area contributed by atoms with Crippen LogP contribution in [0.5, 0.6) is 0 Å². The lowest BCUT2D eigenvalue weighted by molar-refractivity contribution is 1.01. The third-order valence-electron chi connectivity index (χ3n) is 5.21. The summed E-state index contributed by atoms with van der Waals surface area (Å²) < 4.78 is 2.24. The lowest BCUT2D eigenvalue weighted by atomic mass is 10.1. The van der Waals surface area contributed by atoms with Crippen molar-refractivity contribution in [3.05, 3.63) is 118 Å². The number of rotatable bonds is 4. The number of hydrogen-bond donors (Lipinski definition) is 0. The standard InChI is InChI=1S/C26H18Cl2N2/c27-21-10-6-18(7-11-21)16-23-14-15-25-26(20-8-12-22(28)13-9-20)29-24(17-30(23)25)19-4-2-1-3-5-19/h1-15,17H,16H2. The van der Waals surface area contributed by atoms with Crippen LogP contribution in [-0.4, -0.2) is 9.38 Å². The van der Waals surface area contributed by atoms with Crippen LogP contribution >= 0.6 is 23.2 Å². The van der Waals surface area contributed by atoms with E-state index in [-0.39, 0.29) is 0 Å². The SMILES string of the molecule is Clc1ccc(Cc2ccc3c(-c4ccc(Cl)cc4)nc(-c4ccccc4)cn23)cc1. The van der Waals surface area contributed by atoms with Crippen LogP contribution in [0.15, 0.2) is 97.2 Å². The maximum absolute atomic E-state index is 6.12. The van der Waals surface area contributed by atoms with Gasteiger partial charge in [-0.3, -0.25) is 0 Å². The van der Waals surface area contributed by atoms with Gasteiger partial charge in [0.25, 0.3) is 0 Å². The highest BCUT2D eigenvalue weighted by atomic mass is 35.5. The maximum atomic E-state index is 6.12. The molecule has 30 heavy (non-hydrogen) atoms. The summed E-state index contributed by atoms with van der Waals surface area (Å²) in [4.78, 5) is 5.02. The molecule has 0 aliphatic rings. The van der Waals surface area contributed by atoms with Crippen molar-refractivity contribution in [1.29, 1.82) is 0 Å². The van der Waals surface area contributed by atoms with E-state index < -0.39 is 0 Å². The van der Waals surface area contributed by atoms with Crippen molar-refractivity contribution in [2.24, 2.45) is 0 Å². The number of fused-ring (bicyclic) bond motifs is 1. The van der Waals surface area contributed by atoms with E-state index in [2.05, 4.69) is 47.0 Å². The first-order valence-corrected chi connectivity index (χ1v) is 10.5. The number of benzene rings is 3. The number of aromatic nitrogens is 2. The Morgan fingerprint density at radius 1 is 0.667 bits per heavy atom. The average Bonchev–Trinajstić information content (AvgIpc) is 3.18. The molecule has 0 amide bonds. The molecule has 0 fully saturated rings. The number of nitrogens with zero attached hydrogens (tertiary/aromatic N) is 2. The Kier molecular flexibility index (Phi) is 5.04. The molecule has 5 aromatic rings. The van der Waals surface area contributed by atoms with Crippen LogP contribution in [-0.2, 0) is 6.42 Å². The first-order chi connectivity index (χ1) is 14.7. The van der Waals surface area contributed by atoms with Crippen LogP contribution in [0.25, 0.3) is 28.0 Å². The average molecular weight is 429 g/mol. The first kappa shape index (κ1) is 18.9. The van der Waals surface area contributed by atoms with Gasteiger partial charge in [0.2, 0.25) is 0 Å². The summed E-state index contributed by atoms with van der Waals surface area (Å²) in [7, 11) is 0. The Morgan fingerprint density at radius 2 is 1.33 bits per heavy atom. The number of halogens is 2. The minimum Gasteiger partial charge on any atom is -0.316 e. The Morgan fingerprint density at radius 3 is 2.03 bits per heavy atom. The molecule has 0 spiro atoms. The van der Waals surface area contributed by atoms with Gasteiger partial charge < -0.3 is 4.40 Å². The van der Waals surface area contributed by atoms with Crippen molar-refractivity contribution in [1.82, 2.24) is 9.38 Å². The van der Waals surface area contributed by atoms with Crippen molar-refractivity contribution < 1.29 is 0 Å². The van der Waals surface area contributed by atoms with E-state index in [0.717, 1.165) is 39.5 Å². The van der Waals surface area contributed by atoms with Crippen molar-refractivity contribution in [2.75, 3.05) is 0 Å². The summed E-state index contributed by atoms with van der Waals surface area (Å²) in [6.07, 6.45) is 2.93. The molecule has 2 nitrogen and oxygen atoms in total. The third kappa shape index (κ3) is 3.72. The summed E-state index contributed by atoms with van der Waals surface area (Å²) >= 11 is 12.2. The Balaban J connectivity index is 1.69. The van der Waals surface area contributed by atoms with Gasteiger partial charge in [-0.25, -0.2) is 4.98 Å². The minimum atomic E-state index is 0.716. The van der Waals surface area contributed by atoms with Crippen molar-refractivity contribution in [3.8, 4) is 22.5 Å². The summed E-state index contributed by atoms with van der Waals surface area (Å²) in [5.41, 5.74) is 7.48. The van der Waals surface area contributed by atoms with Crippen molar-refractivity contribution in [2.45, 2.75) is 6.42 Å². The molecule has 5 rings (SSSR count). The van der Waals surface area contributed by atoms with Gasteiger partial charge in [-0.15, -0.1) is 0 Å². The molecule has 2 heterocycles. The molecule has 4 heteroatoms. The molecule has 0 N–H and O–H groups in total. The van der Waals surface area contributed by atoms with Gasteiger partial charge in [0, 0.05) is 39.5 Å². The summed E-state index contributed by atoms with van der Waals surface area (Å²) in [6.45, 7) is 0.